The van der Waals surface area contributed by atoms with Gasteiger partial charge in [0.05, 0.1) is 0 Å². The summed E-state index contributed by atoms with van der Waals surface area (Å²) in [6.45, 7) is 1.69. The van der Waals surface area contributed by atoms with Crippen molar-refractivity contribution in [3.63, 3.8) is 0 Å². The van der Waals surface area contributed by atoms with Crippen molar-refractivity contribution in [1.29, 1.82) is 0 Å². The number of rotatable bonds is 1. The maximum Gasteiger partial charge on any atom is 0.355 e. The number of carboxylic acids is 1. The Bertz CT molecular complexity index is 306. The number of halogens is 1. The lowest BCUT2D eigenvalue weighted by molar-refractivity contribution is 0.0686. The van der Waals surface area contributed by atoms with Crippen LogP contribution in [0.3, 0.4) is 0 Å². The number of aryl methyl sites for hydroxylation is 1. The summed E-state index contributed by atoms with van der Waals surface area (Å²) in [7, 11) is 1.61. The highest BCUT2D eigenvalue weighted by Crippen LogP contribution is 2.14. The van der Waals surface area contributed by atoms with E-state index >= 15 is 0 Å². The van der Waals surface area contributed by atoms with Gasteiger partial charge in [-0.3, -0.25) is 0 Å². The lowest BCUT2D eigenvalue weighted by Gasteiger charge is -1.96. The molecule has 0 saturated carbocycles. The molecule has 11 heavy (non-hydrogen) atoms. The molecule has 0 unspecified atom stereocenters. The van der Waals surface area contributed by atoms with Crippen molar-refractivity contribution in [2.24, 2.45) is 7.05 Å². The first-order valence-corrected chi connectivity index (χ1v) is 3.34. The molecular weight excluding hydrogens is 168 g/mol. The fourth-order valence-electron chi connectivity index (χ4n) is 0.802. The molecular formula is C6H7ClN2O2. The Morgan fingerprint density at radius 2 is 2.27 bits per heavy atom. The van der Waals surface area contributed by atoms with E-state index in [-0.39, 0.29) is 10.8 Å². The molecule has 0 saturated heterocycles. The van der Waals surface area contributed by atoms with Gasteiger partial charge in [0.2, 0.25) is 0 Å². The molecule has 0 spiro atoms. The number of hydrogen-bond acceptors (Lipinski definition) is 2. The predicted molar refractivity (Wildman–Crippen MR) is 39.9 cm³/mol. The van der Waals surface area contributed by atoms with Gasteiger partial charge in [0.15, 0.2) is 10.8 Å². The van der Waals surface area contributed by atoms with Crippen LogP contribution in [0.15, 0.2) is 0 Å². The minimum atomic E-state index is -1.06. The molecule has 0 radical (unpaired) electrons. The topological polar surface area (TPSA) is 55.1 Å². The van der Waals surface area contributed by atoms with Crippen molar-refractivity contribution in [1.82, 2.24) is 9.55 Å². The zero-order valence-corrected chi connectivity index (χ0v) is 6.88. The molecule has 60 valence electrons. The van der Waals surface area contributed by atoms with Crippen molar-refractivity contribution in [3.8, 4) is 0 Å². The van der Waals surface area contributed by atoms with E-state index in [4.69, 9.17) is 16.7 Å². The van der Waals surface area contributed by atoms with Gasteiger partial charge in [-0.2, -0.15) is 0 Å². The first-order valence-electron chi connectivity index (χ1n) is 2.96. The van der Waals surface area contributed by atoms with Crippen LogP contribution in [-0.4, -0.2) is 20.6 Å². The lowest BCUT2D eigenvalue weighted by Crippen LogP contribution is -2.05. The lowest BCUT2D eigenvalue weighted by atomic mass is 10.5. The molecule has 0 aromatic carbocycles. The maximum atomic E-state index is 10.5. The zero-order chi connectivity index (χ0) is 8.59. The Kier molecular flexibility index (Phi) is 1.87. The van der Waals surface area contributed by atoms with Crippen LogP contribution in [0.1, 0.15) is 16.3 Å². The summed E-state index contributed by atoms with van der Waals surface area (Å²) in [5.74, 6) is -0.467. The van der Waals surface area contributed by atoms with Gasteiger partial charge in [0.1, 0.15) is 5.82 Å². The van der Waals surface area contributed by atoms with Crippen LogP contribution in [0, 0.1) is 6.92 Å². The molecule has 0 amide bonds. The molecule has 0 fully saturated rings. The van der Waals surface area contributed by atoms with E-state index in [0.29, 0.717) is 5.82 Å². The van der Waals surface area contributed by atoms with Crippen LogP contribution in [-0.2, 0) is 7.05 Å². The molecule has 0 atom stereocenters. The average molecular weight is 175 g/mol. The number of carbonyl (C=O) groups is 1. The summed E-state index contributed by atoms with van der Waals surface area (Å²) < 4.78 is 1.44. The predicted octanol–water partition coefficient (Wildman–Crippen LogP) is 1.08. The van der Waals surface area contributed by atoms with Crippen molar-refractivity contribution in [2.75, 3.05) is 0 Å². The molecule has 0 bridgehead atoms. The highest BCUT2D eigenvalue weighted by atomic mass is 35.5. The number of hydrogen-bond donors (Lipinski definition) is 1. The van der Waals surface area contributed by atoms with E-state index in [2.05, 4.69) is 4.98 Å². The van der Waals surface area contributed by atoms with Crippen LogP contribution in [0.4, 0.5) is 0 Å². The van der Waals surface area contributed by atoms with Gasteiger partial charge in [-0.05, 0) is 6.92 Å². The van der Waals surface area contributed by atoms with Crippen LogP contribution in [0.5, 0.6) is 0 Å². The Labute approximate surface area is 68.4 Å². The molecule has 4 nitrogen and oxygen atoms in total. The second-order valence-corrected chi connectivity index (χ2v) is 2.52. The van der Waals surface area contributed by atoms with Crippen LogP contribution >= 0.6 is 11.6 Å². The van der Waals surface area contributed by atoms with Gasteiger partial charge >= 0.3 is 5.97 Å². The van der Waals surface area contributed by atoms with E-state index in [0.717, 1.165) is 0 Å². The molecule has 0 aliphatic heterocycles. The number of aromatic carboxylic acids is 1. The zero-order valence-electron chi connectivity index (χ0n) is 6.13. The van der Waals surface area contributed by atoms with E-state index in [1.54, 1.807) is 14.0 Å². The number of nitrogens with zero attached hydrogens (tertiary/aromatic N) is 2. The summed E-state index contributed by atoms with van der Waals surface area (Å²) in [5, 5.41) is 8.65. The van der Waals surface area contributed by atoms with Gasteiger partial charge in [-0.1, -0.05) is 11.6 Å². The molecule has 1 aromatic rings. The Morgan fingerprint density at radius 1 is 1.73 bits per heavy atom. The normalized spacial score (nSPS) is 10.1. The third kappa shape index (κ3) is 1.21. The summed E-state index contributed by atoms with van der Waals surface area (Å²) in [6, 6.07) is 0. The van der Waals surface area contributed by atoms with Gasteiger partial charge in [0.25, 0.3) is 0 Å². The Balaban J connectivity index is 3.34. The van der Waals surface area contributed by atoms with Gasteiger partial charge in [-0.25, -0.2) is 9.78 Å². The van der Waals surface area contributed by atoms with E-state index in [1.165, 1.54) is 4.57 Å². The fraction of sp³-hybridized carbons (Fsp3) is 0.333. The van der Waals surface area contributed by atoms with E-state index in [9.17, 15) is 4.79 Å². The molecule has 0 aliphatic carbocycles. The van der Waals surface area contributed by atoms with E-state index < -0.39 is 5.97 Å². The van der Waals surface area contributed by atoms with Crippen LogP contribution in [0.25, 0.3) is 0 Å². The summed E-state index contributed by atoms with van der Waals surface area (Å²) >= 11 is 5.53. The van der Waals surface area contributed by atoms with Crippen molar-refractivity contribution >= 4 is 17.6 Å². The largest absolute Gasteiger partial charge is 0.476 e. The van der Waals surface area contributed by atoms with Crippen molar-refractivity contribution in [2.45, 2.75) is 6.92 Å². The van der Waals surface area contributed by atoms with Gasteiger partial charge in [0, 0.05) is 7.05 Å². The van der Waals surface area contributed by atoms with Crippen LogP contribution < -0.4 is 0 Å². The second kappa shape index (κ2) is 2.54. The first kappa shape index (κ1) is 8.07. The molecule has 0 aliphatic rings. The van der Waals surface area contributed by atoms with Gasteiger partial charge < -0.3 is 9.67 Å². The Hall–Kier alpha value is -1.03. The minimum absolute atomic E-state index is 0.0316. The second-order valence-electron chi connectivity index (χ2n) is 2.16. The smallest absolute Gasteiger partial charge is 0.355 e. The Morgan fingerprint density at radius 3 is 2.45 bits per heavy atom. The molecule has 1 aromatic heterocycles. The van der Waals surface area contributed by atoms with Gasteiger partial charge in [-0.15, -0.1) is 0 Å². The number of imidazole rings is 1. The highest BCUT2D eigenvalue weighted by molar-refractivity contribution is 6.32. The van der Waals surface area contributed by atoms with Crippen LogP contribution in [0.2, 0.25) is 5.15 Å². The molecule has 1 heterocycles. The van der Waals surface area contributed by atoms with Crippen molar-refractivity contribution in [3.05, 3.63) is 16.7 Å². The summed E-state index contributed by atoms with van der Waals surface area (Å²) in [5.41, 5.74) is 0.0316. The summed E-state index contributed by atoms with van der Waals surface area (Å²) in [6.07, 6.45) is 0. The molecule has 1 N–H and O–H groups in total. The first-order chi connectivity index (χ1) is 5.04. The SMILES string of the molecule is Cc1nc(Cl)c(C(=O)O)n1C. The number of carboxylic acid groups (broad SMARTS) is 1. The molecule has 5 heteroatoms. The maximum absolute atomic E-state index is 10.5. The summed E-state index contributed by atoms with van der Waals surface area (Å²) in [4.78, 5) is 14.3. The standard InChI is InChI=1S/C6H7ClN2O2/c1-3-8-5(7)4(6(10)11)9(3)2/h1-2H3,(H,10,11). The third-order valence-electron chi connectivity index (χ3n) is 1.48. The quantitative estimate of drug-likeness (QED) is 0.693. The average Bonchev–Trinajstić information content (AvgIpc) is 2.07. The van der Waals surface area contributed by atoms with Crippen molar-refractivity contribution < 1.29 is 9.90 Å². The monoisotopic (exact) mass is 174 g/mol. The third-order valence-corrected chi connectivity index (χ3v) is 1.74. The minimum Gasteiger partial charge on any atom is -0.476 e. The van der Waals surface area contributed by atoms with E-state index in [1.807, 2.05) is 0 Å². The number of aromatic nitrogens is 2. The fourth-order valence-corrected chi connectivity index (χ4v) is 1.13. The molecule has 1 rings (SSSR count). The highest BCUT2D eigenvalue weighted by Gasteiger charge is 2.16.